The lowest BCUT2D eigenvalue weighted by atomic mass is 10.2. The van der Waals surface area contributed by atoms with Crippen LogP contribution >= 0.6 is 15.9 Å². The highest BCUT2D eigenvalue weighted by Crippen LogP contribution is 2.38. The molecule has 0 aromatic heterocycles. The van der Waals surface area contributed by atoms with Crippen molar-refractivity contribution in [2.75, 3.05) is 0 Å². The van der Waals surface area contributed by atoms with E-state index in [9.17, 15) is 4.79 Å². The largest absolute Gasteiger partial charge is 0.441 e. The molecule has 12 heavy (non-hydrogen) atoms. The van der Waals surface area contributed by atoms with Crippen molar-refractivity contribution in [3.8, 4) is 11.5 Å². The molecule has 1 unspecified atom stereocenters. The van der Waals surface area contributed by atoms with E-state index in [4.69, 9.17) is 9.47 Å². The number of carbonyl (C=O) groups excluding carboxylic acids is 1. The zero-order valence-electron chi connectivity index (χ0n) is 5.99. The molecule has 62 valence electrons. The number of carbonyl (C=O) groups is 1. The fourth-order valence-corrected chi connectivity index (χ4v) is 1.45. The number of hydrogen-bond donors (Lipinski definition) is 0. The molecule has 1 atom stereocenters. The molecule has 0 radical (unpaired) electrons. The molecule has 0 saturated heterocycles. The van der Waals surface area contributed by atoms with Crippen LogP contribution in [0.3, 0.4) is 0 Å². The van der Waals surface area contributed by atoms with Gasteiger partial charge in [-0.25, -0.2) is 0 Å². The van der Waals surface area contributed by atoms with Crippen molar-refractivity contribution in [2.45, 2.75) is 5.20 Å². The van der Waals surface area contributed by atoms with Crippen LogP contribution in [0.5, 0.6) is 11.5 Å². The summed E-state index contributed by atoms with van der Waals surface area (Å²) in [4.78, 5) is 10.5. The van der Waals surface area contributed by atoms with Gasteiger partial charge in [0, 0.05) is 15.9 Å². The molecule has 1 aromatic rings. The van der Waals surface area contributed by atoms with Gasteiger partial charge in [0.05, 0.1) is 5.56 Å². The van der Waals surface area contributed by atoms with E-state index in [2.05, 4.69) is 15.9 Å². The molecule has 0 saturated carbocycles. The van der Waals surface area contributed by atoms with Crippen molar-refractivity contribution in [3.63, 3.8) is 0 Å². The number of aldehydes is 1. The van der Waals surface area contributed by atoms with Crippen LogP contribution in [0.4, 0.5) is 0 Å². The van der Waals surface area contributed by atoms with E-state index in [-0.39, 0.29) is 0 Å². The molecule has 0 N–H and O–H groups in total. The van der Waals surface area contributed by atoms with E-state index in [1.54, 1.807) is 18.2 Å². The molecule has 0 spiro atoms. The normalized spacial score (nSPS) is 19.2. The Labute approximate surface area is 77.4 Å². The number of fused-ring (bicyclic) bond motifs is 1. The summed E-state index contributed by atoms with van der Waals surface area (Å²) in [7, 11) is 0. The summed E-state index contributed by atoms with van der Waals surface area (Å²) in [5.41, 5.74) is 0.509. The van der Waals surface area contributed by atoms with Gasteiger partial charge in [-0.15, -0.1) is 0 Å². The van der Waals surface area contributed by atoms with Gasteiger partial charge in [0.2, 0.25) is 0 Å². The highest BCUT2D eigenvalue weighted by Gasteiger charge is 2.23. The summed E-state index contributed by atoms with van der Waals surface area (Å²) in [6, 6.07) is 5.18. The van der Waals surface area contributed by atoms with Gasteiger partial charge in [-0.2, -0.15) is 0 Å². The van der Waals surface area contributed by atoms with Crippen LogP contribution in [0.15, 0.2) is 18.2 Å². The number of halogens is 1. The molecular formula is C8H5BrO3. The Balaban J connectivity index is 2.51. The number of ether oxygens (including phenoxy) is 2. The summed E-state index contributed by atoms with van der Waals surface area (Å²) in [6.45, 7) is 0. The van der Waals surface area contributed by atoms with Crippen LogP contribution in [-0.4, -0.2) is 11.5 Å². The minimum absolute atomic E-state index is 0.478. The zero-order valence-corrected chi connectivity index (χ0v) is 7.58. The molecule has 0 aliphatic carbocycles. The second-order valence-corrected chi connectivity index (χ2v) is 3.05. The third-order valence-corrected chi connectivity index (χ3v) is 1.94. The zero-order chi connectivity index (χ0) is 8.55. The van der Waals surface area contributed by atoms with Crippen LogP contribution in [0.1, 0.15) is 10.4 Å². The third-order valence-electron chi connectivity index (χ3n) is 1.57. The predicted octanol–water partition coefficient (Wildman–Crippen LogP) is 1.95. The van der Waals surface area contributed by atoms with Crippen molar-refractivity contribution >= 4 is 22.2 Å². The van der Waals surface area contributed by atoms with Gasteiger partial charge < -0.3 is 9.47 Å². The molecule has 0 fully saturated rings. The number of benzene rings is 1. The van der Waals surface area contributed by atoms with Crippen LogP contribution in [0.2, 0.25) is 0 Å². The Morgan fingerprint density at radius 2 is 2.25 bits per heavy atom. The van der Waals surface area contributed by atoms with Crippen molar-refractivity contribution in [3.05, 3.63) is 23.8 Å². The lowest BCUT2D eigenvalue weighted by Gasteiger charge is -1.98. The Kier molecular flexibility index (Phi) is 1.77. The highest BCUT2D eigenvalue weighted by atomic mass is 79.9. The van der Waals surface area contributed by atoms with Gasteiger partial charge >= 0.3 is 0 Å². The fourth-order valence-electron chi connectivity index (χ4n) is 1.06. The second-order valence-electron chi connectivity index (χ2n) is 2.30. The first-order chi connectivity index (χ1) is 5.81. The maximum Gasteiger partial charge on any atom is 0.298 e. The average Bonchev–Trinajstić information content (AvgIpc) is 2.44. The first-order valence-corrected chi connectivity index (χ1v) is 4.28. The molecule has 1 aliphatic heterocycles. The quantitative estimate of drug-likeness (QED) is 0.545. The Morgan fingerprint density at radius 1 is 1.42 bits per heavy atom. The summed E-state index contributed by atoms with van der Waals surface area (Å²) >= 11 is 3.12. The van der Waals surface area contributed by atoms with Crippen LogP contribution in [0.25, 0.3) is 0 Å². The van der Waals surface area contributed by atoms with Gasteiger partial charge in [-0.05, 0) is 12.1 Å². The van der Waals surface area contributed by atoms with Crippen LogP contribution in [0, 0.1) is 0 Å². The Bertz CT molecular complexity index is 324. The first-order valence-electron chi connectivity index (χ1n) is 3.37. The Morgan fingerprint density at radius 3 is 3.00 bits per heavy atom. The number of alkyl halides is 1. The maximum absolute atomic E-state index is 10.5. The first kappa shape index (κ1) is 7.61. The van der Waals surface area contributed by atoms with E-state index in [1.807, 2.05) is 0 Å². The summed E-state index contributed by atoms with van der Waals surface area (Å²) < 4.78 is 10.4. The van der Waals surface area contributed by atoms with E-state index < -0.39 is 5.20 Å². The second kappa shape index (κ2) is 2.79. The van der Waals surface area contributed by atoms with Crippen molar-refractivity contribution < 1.29 is 14.3 Å². The van der Waals surface area contributed by atoms with Crippen molar-refractivity contribution in [2.24, 2.45) is 0 Å². The minimum atomic E-state index is -0.478. The van der Waals surface area contributed by atoms with Gasteiger partial charge in [0.1, 0.15) is 0 Å². The van der Waals surface area contributed by atoms with Crippen LogP contribution < -0.4 is 9.47 Å². The molecule has 4 heteroatoms. The molecule has 0 amide bonds. The number of para-hydroxylation sites is 1. The molecule has 0 bridgehead atoms. The van der Waals surface area contributed by atoms with Gasteiger partial charge in [0.15, 0.2) is 17.8 Å². The van der Waals surface area contributed by atoms with Gasteiger partial charge in [-0.1, -0.05) is 6.07 Å². The topological polar surface area (TPSA) is 35.5 Å². The number of hydrogen-bond acceptors (Lipinski definition) is 3. The maximum atomic E-state index is 10.5. The fraction of sp³-hybridized carbons (Fsp3) is 0.125. The van der Waals surface area contributed by atoms with Crippen molar-refractivity contribution in [1.82, 2.24) is 0 Å². The summed E-state index contributed by atoms with van der Waals surface area (Å²) in [6.07, 6.45) is 0.743. The molecule has 2 rings (SSSR count). The SMILES string of the molecule is O=Cc1cccc2c1OC(Br)O2. The smallest absolute Gasteiger partial charge is 0.298 e. The minimum Gasteiger partial charge on any atom is -0.441 e. The van der Waals surface area contributed by atoms with Gasteiger partial charge in [-0.3, -0.25) is 4.79 Å². The average molecular weight is 229 g/mol. The third kappa shape index (κ3) is 1.08. The monoisotopic (exact) mass is 228 g/mol. The Hall–Kier alpha value is -1.03. The summed E-state index contributed by atoms with van der Waals surface area (Å²) in [5.74, 6) is 1.11. The molecule has 1 aromatic carbocycles. The van der Waals surface area contributed by atoms with Crippen molar-refractivity contribution in [1.29, 1.82) is 0 Å². The van der Waals surface area contributed by atoms with E-state index in [0.29, 0.717) is 17.1 Å². The molecule has 3 nitrogen and oxygen atoms in total. The summed E-state index contributed by atoms with van der Waals surface area (Å²) in [5, 5.41) is -0.478. The predicted molar refractivity (Wildman–Crippen MR) is 45.8 cm³/mol. The van der Waals surface area contributed by atoms with Gasteiger partial charge in [0.25, 0.3) is 5.20 Å². The van der Waals surface area contributed by atoms with Crippen LogP contribution in [-0.2, 0) is 0 Å². The van der Waals surface area contributed by atoms with E-state index in [0.717, 1.165) is 6.29 Å². The standard InChI is InChI=1S/C8H5BrO3/c9-8-11-6-3-1-2-5(4-10)7(6)12-8/h1-4,8H. The lowest BCUT2D eigenvalue weighted by molar-refractivity contribution is 0.111. The molecule has 1 heterocycles. The van der Waals surface area contributed by atoms with E-state index in [1.165, 1.54) is 0 Å². The lowest BCUT2D eigenvalue weighted by Crippen LogP contribution is -2.07. The molecule has 1 aliphatic rings. The number of rotatable bonds is 1. The molecular weight excluding hydrogens is 224 g/mol. The highest BCUT2D eigenvalue weighted by molar-refractivity contribution is 9.09. The van der Waals surface area contributed by atoms with E-state index >= 15 is 0 Å².